The molecule has 108 valence electrons. The molecule has 4 nitrogen and oxygen atoms in total. The summed E-state index contributed by atoms with van der Waals surface area (Å²) in [6.07, 6.45) is 3.61. The number of benzene rings is 1. The number of nitrogens with one attached hydrogen (secondary N) is 2. The van der Waals surface area contributed by atoms with E-state index in [9.17, 15) is 4.39 Å². The fourth-order valence-corrected chi connectivity index (χ4v) is 2.19. The molecule has 20 heavy (non-hydrogen) atoms. The Balaban J connectivity index is 1.79. The van der Waals surface area contributed by atoms with Crippen LogP contribution in [0.25, 0.3) is 0 Å². The van der Waals surface area contributed by atoms with Gasteiger partial charge in [0.2, 0.25) is 0 Å². The summed E-state index contributed by atoms with van der Waals surface area (Å²) in [5.74, 6) is -0.429. The quantitative estimate of drug-likeness (QED) is 0.509. The van der Waals surface area contributed by atoms with E-state index in [-0.39, 0.29) is 11.7 Å². The first-order chi connectivity index (χ1) is 9.66. The third kappa shape index (κ3) is 4.40. The molecule has 0 radical (unpaired) electrons. The molecule has 7 heteroatoms. The van der Waals surface area contributed by atoms with Crippen LogP contribution in [0, 0.1) is 5.82 Å². The minimum atomic E-state index is -0.429. The Bertz CT molecular complexity index is 486. The van der Waals surface area contributed by atoms with Gasteiger partial charge in [0, 0.05) is 18.7 Å². The van der Waals surface area contributed by atoms with Crippen LogP contribution in [-0.2, 0) is 4.74 Å². The van der Waals surface area contributed by atoms with E-state index in [0.29, 0.717) is 16.7 Å². The molecule has 1 aliphatic heterocycles. The van der Waals surface area contributed by atoms with Crippen molar-refractivity contribution in [3.8, 4) is 0 Å². The van der Waals surface area contributed by atoms with Crippen LogP contribution in [0.15, 0.2) is 23.3 Å². The molecule has 0 unspecified atom stereocenters. The third-order valence-corrected chi connectivity index (χ3v) is 3.44. The van der Waals surface area contributed by atoms with E-state index in [1.807, 2.05) is 0 Å². The van der Waals surface area contributed by atoms with Crippen molar-refractivity contribution in [1.29, 1.82) is 0 Å². The minimum absolute atomic E-state index is 0.194. The first-order valence-corrected chi connectivity index (χ1v) is 7.08. The molecule has 0 bridgehead atoms. The maximum absolute atomic E-state index is 13.5. The second-order valence-electron chi connectivity index (χ2n) is 4.35. The summed E-state index contributed by atoms with van der Waals surface area (Å²) in [5, 5.41) is 7.52. The van der Waals surface area contributed by atoms with Crippen LogP contribution in [0.4, 0.5) is 4.39 Å². The Hall–Kier alpha value is -1.24. The number of halogens is 2. The first-order valence-electron chi connectivity index (χ1n) is 6.29. The minimum Gasteiger partial charge on any atom is -0.376 e. The molecule has 1 atom stereocenters. The topological polar surface area (TPSA) is 45.7 Å². The second kappa shape index (κ2) is 7.52. The summed E-state index contributed by atoms with van der Waals surface area (Å²) in [6.45, 7) is 1.44. The van der Waals surface area contributed by atoms with Gasteiger partial charge in [0.1, 0.15) is 5.82 Å². The molecule has 1 heterocycles. The van der Waals surface area contributed by atoms with E-state index < -0.39 is 5.82 Å². The summed E-state index contributed by atoms with van der Waals surface area (Å²) in [4.78, 5) is 0. The second-order valence-corrected chi connectivity index (χ2v) is 5.17. The van der Waals surface area contributed by atoms with Crippen molar-refractivity contribution in [2.24, 2.45) is 5.10 Å². The van der Waals surface area contributed by atoms with E-state index in [4.69, 9.17) is 28.6 Å². The molecule has 1 saturated heterocycles. The molecule has 0 aromatic heterocycles. The van der Waals surface area contributed by atoms with Crippen molar-refractivity contribution in [2.45, 2.75) is 18.9 Å². The van der Waals surface area contributed by atoms with Crippen molar-refractivity contribution in [2.75, 3.05) is 13.2 Å². The Morgan fingerprint density at radius 2 is 2.45 bits per heavy atom. The molecule has 1 aromatic rings. The molecule has 0 aliphatic carbocycles. The molecule has 1 aromatic carbocycles. The third-order valence-electron chi connectivity index (χ3n) is 2.87. The molecule has 0 amide bonds. The zero-order valence-corrected chi connectivity index (χ0v) is 12.3. The van der Waals surface area contributed by atoms with Gasteiger partial charge in [-0.3, -0.25) is 5.43 Å². The average molecular weight is 316 g/mol. The number of rotatable bonds is 4. The van der Waals surface area contributed by atoms with E-state index in [2.05, 4.69) is 15.8 Å². The van der Waals surface area contributed by atoms with Gasteiger partial charge in [0.15, 0.2) is 5.11 Å². The zero-order chi connectivity index (χ0) is 14.4. The average Bonchev–Trinajstić information content (AvgIpc) is 2.93. The van der Waals surface area contributed by atoms with Gasteiger partial charge >= 0.3 is 0 Å². The summed E-state index contributed by atoms with van der Waals surface area (Å²) >= 11 is 10.9. The molecule has 2 rings (SSSR count). The van der Waals surface area contributed by atoms with Gasteiger partial charge in [-0.25, -0.2) is 4.39 Å². The molecule has 2 N–H and O–H groups in total. The Kier molecular flexibility index (Phi) is 5.70. The molecular weight excluding hydrogens is 301 g/mol. The summed E-state index contributed by atoms with van der Waals surface area (Å²) in [5.41, 5.74) is 2.84. The lowest BCUT2D eigenvalue weighted by atomic mass is 10.2. The van der Waals surface area contributed by atoms with Gasteiger partial charge in [0.05, 0.1) is 17.3 Å². The van der Waals surface area contributed by atoms with Crippen molar-refractivity contribution in [1.82, 2.24) is 10.7 Å². The predicted octanol–water partition coefficient (Wildman–Crippen LogP) is 2.46. The monoisotopic (exact) mass is 315 g/mol. The van der Waals surface area contributed by atoms with Crippen LogP contribution in [0.5, 0.6) is 0 Å². The SMILES string of the molecule is Fc1cccc(Cl)c1/C=N\NC(=S)NC[C@@H]1CCCO1. The van der Waals surface area contributed by atoms with Crippen molar-refractivity contribution >= 4 is 35.1 Å². The van der Waals surface area contributed by atoms with Gasteiger partial charge in [-0.2, -0.15) is 5.10 Å². The van der Waals surface area contributed by atoms with Crippen molar-refractivity contribution in [3.05, 3.63) is 34.6 Å². The summed E-state index contributed by atoms with van der Waals surface area (Å²) in [7, 11) is 0. The fraction of sp³-hybridized carbons (Fsp3) is 0.385. The molecule has 1 aliphatic rings. The number of hydrogen-bond donors (Lipinski definition) is 2. The molecule has 0 saturated carbocycles. The van der Waals surface area contributed by atoms with Crippen LogP contribution in [0.1, 0.15) is 18.4 Å². The highest BCUT2D eigenvalue weighted by Crippen LogP contribution is 2.16. The normalized spacial score (nSPS) is 18.4. The Labute approximate surface area is 127 Å². The van der Waals surface area contributed by atoms with Gasteiger partial charge < -0.3 is 10.1 Å². The van der Waals surface area contributed by atoms with Crippen LogP contribution in [0.2, 0.25) is 5.02 Å². The summed E-state index contributed by atoms with van der Waals surface area (Å²) < 4.78 is 18.9. The van der Waals surface area contributed by atoms with Gasteiger partial charge in [0.25, 0.3) is 0 Å². The van der Waals surface area contributed by atoms with Crippen LogP contribution in [0.3, 0.4) is 0 Å². The number of thiocarbonyl (C=S) groups is 1. The van der Waals surface area contributed by atoms with E-state index >= 15 is 0 Å². The molecule has 1 fully saturated rings. The van der Waals surface area contributed by atoms with Crippen molar-refractivity contribution in [3.63, 3.8) is 0 Å². The number of ether oxygens (including phenoxy) is 1. The number of hydrazone groups is 1. The van der Waals surface area contributed by atoms with E-state index in [1.54, 1.807) is 6.07 Å². The first kappa shape index (κ1) is 15.2. The molecular formula is C13H15ClFN3OS. The Morgan fingerprint density at radius 3 is 3.15 bits per heavy atom. The van der Waals surface area contributed by atoms with Gasteiger partial charge in [-0.15, -0.1) is 0 Å². The standard InChI is InChI=1S/C13H15ClFN3OS/c14-11-4-1-5-12(15)10(11)8-17-18-13(20)16-7-9-3-2-6-19-9/h1,4-5,8-9H,2-3,6-7H2,(H2,16,18,20)/b17-8-/t9-/m0/s1. The summed E-state index contributed by atoms with van der Waals surface area (Å²) in [6, 6.07) is 4.46. The van der Waals surface area contributed by atoms with Gasteiger partial charge in [-0.1, -0.05) is 17.7 Å². The Morgan fingerprint density at radius 1 is 1.60 bits per heavy atom. The van der Waals surface area contributed by atoms with E-state index in [0.717, 1.165) is 19.4 Å². The highest BCUT2D eigenvalue weighted by Gasteiger charge is 2.15. The van der Waals surface area contributed by atoms with E-state index in [1.165, 1.54) is 18.3 Å². The number of hydrogen-bond acceptors (Lipinski definition) is 3. The highest BCUT2D eigenvalue weighted by molar-refractivity contribution is 7.80. The predicted molar refractivity (Wildman–Crippen MR) is 81.7 cm³/mol. The maximum Gasteiger partial charge on any atom is 0.187 e. The van der Waals surface area contributed by atoms with Crippen LogP contribution < -0.4 is 10.7 Å². The zero-order valence-electron chi connectivity index (χ0n) is 10.7. The van der Waals surface area contributed by atoms with Gasteiger partial charge in [-0.05, 0) is 37.2 Å². The lowest BCUT2D eigenvalue weighted by Gasteiger charge is -2.11. The van der Waals surface area contributed by atoms with Crippen LogP contribution >= 0.6 is 23.8 Å². The fourth-order valence-electron chi connectivity index (χ4n) is 1.84. The lowest BCUT2D eigenvalue weighted by Crippen LogP contribution is -2.37. The molecule has 0 spiro atoms. The smallest absolute Gasteiger partial charge is 0.187 e. The van der Waals surface area contributed by atoms with Crippen molar-refractivity contribution < 1.29 is 9.13 Å². The van der Waals surface area contributed by atoms with Crippen LogP contribution in [-0.4, -0.2) is 30.6 Å². The largest absolute Gasteiger partial charge is 0.376 e. The highest BCUT2D eigenvalue weighted by atomic mass is 35.5. The number of nitrogens with zero attached hydrogens (tertiary/aromatic N) is 1. The lowest BCUT2D eigenvalue weighted by molar-refractivity contribution is 0.114. The maximum atomic E-state index is 13.5.